The first-order valence-corrected chi connectivity index (χ1v) is 14.6. The van der Waals surface area contributed by atoms with Gasteiger partial charge in [-0.1, -0.05) is 0 Å². The van der Waals surface area contributed by atoms with Gasteiger partial charge in [0.25, 0.3) is 5.92 Å². The van der Waals surface area contributed by atoms with Gasteiger partial charge in [0.05, 0.1) is 0 Å². The molecule has 0 amide bonds. The molecule has 0 unspecified atom stereocenters. The molecule has 4 saturated heterocycles. The number of aromatic nitrogens is 1. The van der Waals surface area contributed by atoms with Crippen LogP contribution in [0.5, 0.6) is 0 Å². The van der Waals surface area contributed by atoms with Crippen molar-refractivity contribution in [1.29, 1.82) is 0 Å². The summed E-state index contributed by atoms with van der Waals surface area (Å²) in [7, 11) is -3.61. The van der Waals surface area contributed by atoms with Crippen molar-refractivity contribution in [2.24, 2.45) is 11.3 Å². The van der Waals surface area contributed by atoms with Crippen LogP contribution >= 0.6 is 0 Å². The first-order chi connectivity index (χ1) is 16.7. The van der Waals surface area contributed by atoms with Crippen molar-refractivity contribution in [3.05, 3.63) is 18.3 Å². The quantitative estimate of drug-likeness (QED) is 0.601. The fourth-order valence-corrected chi connectivity index (χ4v) is 7.68. The Labute approximate surface area is 207 Å². The normalized spacial score (nSPS) is 26.7. The highest BCUT2D eigenvalue weighted by molar-refractivity contribution is 7.89. The molecule has 5 heterocycles. The molecule has 196 valence electrons. The van der Waals surface area contributed by atoms with E-state index in [1.807, 2.05) is 0 Å². The zero-order valence-corrected chi connectivity index (χ0v) is 21.3. The molecule has 4 aliphatic heterocycles. The van der Waals surface area contributed by atoms with Gasteiger partial charge in [-0.3, -0.25) is 0 Å². The number of hydrogen-bond donors (Lipinski definition) is 0. The van der Waals surface area contributed by atoms with Gasteiger partial charge in [0, 0.05) is 71.5 Å². The minimum absolute atomic E-state index is 0.185. The molecule has 1 aromatic heterocycles. The van der Waals surface area contributed by atoms with E-state index in [1.54, 1.807) is 21.3 Å². The lowest BCUT2D eigenvalue weighted by atomic mass is 9.72. The van der Waals surface area contributed by atoms with Crippen LogP contribution in [0.4, 0.5) is 14.6 Å². The Bertz CT molecular complexity index is 951. The molecule has 35 heavy (non-hydrogen) atoms. The van der Waals surface area contributed by atoms with E-state index in [9.17, 15) is 17.2 Å². The second-order valence-corrected chi connectivity index (χ2v) is 12.9. The predicted molar refractivity (Wildman–Crippen MR) is 130 cm³/mol. The van der Waals surface area contributed by atoms with E-state index in [0.717, 1.165) is 64.4 Å². The minimum atomic E-state index is -3.61. The van der Waals surface area contributed by atoms with Crippen molar-refractivity contribution in [3.8, 4) is 0 Å². The highest BCUT2D eigenvalue weighted by Gasteiger charge is 2.41. The molecule has 0 saturated carbocycles. The van der Waals surface area contributed by atoms with E-state index in [1.165, 1.54) is 19.0 Å². The van der Waals surface area contributed by atoms with E-state index in [-0.39, 0.29) is 36.2 Å². The summed E-state index contributed by atoms with van der Waals surface area (Å²) < 4.78 is 60.6. The Kier molecular flexibility index (Phi) is 7.36. The van der Waals surface area contributed by atoms with Crippen LogP contribution in [0.1, 0.15) is 51.4 Å². The molecule has 5 rings (SSSR count). The topological polar surface area (TPSA) is 66.0 Å². The Morgan fingerprint density at radius 1 is 0.971 bits per heavy atom. The summed E-state index contributed by atoms with van der Waals surface area (Å²) >= 11 is 0. The third-order valence-corrected chi connectivity index (χ3v) is 10.4. The number of halogens is 2. The Morgan fingerprint density at radius 2 is 1.69 bits per heavy atom. The first kappa shape index (κ1) is 25.3. The largest absolute Gasteiger partial charge is 0.381 e. The van der Waals surface area contributed by atoms with Crippen molar-refractivity contribution in [2.45, 2.75) is 62.2 Å². The lowest BCUT2D eigenvalue weighted by molar-refractivity contribution is -0.0221. The number of ether oxygens (including phenoxy) is 1. The van der Waals surface area contributed by atoms with Gasteiger partial charge in [-0.25, -0.2) is 22.2 Å². The molecule has 1 aromatic rings. The van der Waals surface area contributed by atoms with Crippen LogP contribution < -0.4 is 4.90 Å². The van der Waals surface area contributed by atoms with Crippen LogP contribution in [0.25, 0.3) is 0 Å². The summed E-state index contributed by atoms with van der Waals surface area (Å²) in [5, 5.41) is 0. The molecule has 4 fully saturated rings. The van der Waals surface area contributed by atoms with Gasteiger partial charge < -0.3 is 14.5 Å². The molecule has 0 atom stereocenters. The van der Waals surface area contributed by atoms with E-state index in [0.29, 0.717) is 18.9 Å². The second-order valence-electron chi connectivity index (χ2n) is 11.0. The van der Waals surface area contributed by atoms with Crippen LogP contribution in [0.2, 0.25) is 0 Å². The van der Waals surface area contributed by atoms with Crippen molar-refractivity contribution < 1.29 is 21.9 Å². The van der Waals surface area contributed by atoms with Crippen molar-refractivity contribution in [1.82, 2.24) is 14.2 Å². The Hall–Kier alpha value is -1.36. The number of likely N-dealkylation sites (tertiary alicyclic amines) is 1. The molecule has 1 spiro atoms. The maximum Gasteiger partial charge on any atom is 0.251 e. The molecular formula is C25H38F2N4O3S. The van der Waals surface area contributed by atoms with Crippen molar-refractivity contribution in [3.63, 3.8) is 0 Å². The summed E-state index contributed by atoms with van der Waals surface area (Å²) in [5.41, 5.74) is 0.216. The molecule has 0 aliphatic carbocycles. The predicted octanol–water partition coefficient (Wildman–Crippen LogP) is 3.61. The van der Waals surface area contributed by atoms with E-state index < -0.39 is 15.9 Å². The number of rotatable bonds is 5. The van der Waals surface area contributed by atoms with E-state index >= 15 is 0 Å². The molecule has 0 aromatic carbocycles. The smallest absolute Gasteiger partial charge is 0.251 e. The van der Waals surface area contributed by atoms with Crippen LogP contribution in [0.3, 0.4) is 0 Å². The summed E-state index contributed by atoms with van der Waals surface area (Å²) in [6.07, 6.45) is 7.43. The third kappa shape index (κ3) is 5.81. The second kappa shape index (κ2) is 10.2. The van der Waals surface area contributed by atoms with Crippen LogP contribution in [0, 0.1) is 11.3 Å². The lowest BCUT2D eigenvalue weighted by Crippen LogP contribution is -2.51. The first-order valence-electron chi connectivity index (χ1n) is 13.1. The number of hydrogen-bond acceptors (Lipinski definition) is 6. The molecule has 4 aliphatic rings. The Balaban J connectivity index is 1.17. The zero-order valence-electron chi connectivity index (χ0n) is 20.5. The monoisotopic (exact) mass is 512 g/mol. The Morgan fingerprint density at radius 3 is 2.34 bits per heavy atom. The summed E-state index contributed by atoms with van der Waals surface area (Å²) in [5.74, 6) is -1.34. The maximum atomic E-state index is 13.4. The number of piperidine rings is 3. The zero-order chi connectivity index (χ0) is 24.5. The van der Waals surface area contributed by atoms with Gasteiger partial charge in [-0.05, 0) is 68.5 Å². The fourth-order valence-electron chi connectivity index (χ4n) is 6.29. The molecular weight excluding hydrogens is 474 g/mol. The fraction of sp³-hybridized carbons (Fsp3) is 0.800. The van der Waals surface area contributed by atoms with Gasteiger partial charge >= 0.3 is 0 Å². The summed E-state index contributed by atoms with van der Waals surface area (Å²) in [6, 6.07) is 3.22. The van der Waals surface area contributed by atoms with Crippen LogP contribution in [0.15, 0.2) is 23.2 Å². The number of alkyl halides is 2. The van der Waals surface area contributed by atoms with Gasteiger partial charge in [0.1, 0.15) is 10.7 Å². The van der Waals surface area contributed by atoms with Crippen LogP contribution in [-0.4, -0.2) is 87.6 Å². The number of pyridine rings is 1. The summed E-state index contributed by atoms with van der Waals surface area (Å²) in [6.45, 7) is 6.64. The lowest BCUT2D eigenvalue weighted by Gasteiger charge is -2.48. The van der Waals surface area contributed by atoms with Crippen molar-refractivity contribution >= 4 is 15.8 Å². The molecule has 7 nitrogen and oxygen atoms in total. The van der Waals surface area contributed by atoms with E-state index in [4.69, 9.17) is 4.74 Å². The van der Waals surface area contributed by atoms with Gasteiger partial charge in [-0.15, -0.1) is 0 Å². The third-order valence-electron chi connectivity index (χ3n) is 8.56. The van der Waals surface area contributed by atoms with E-state index in [2.05, 4.69) is 9.88 Å². The maximum absolute atomic E-state index is 13.4. The molecule has 0 bridgehead atoms. The average molecular weight is 513 g/mol. The SMILES string of the molecule is O=S(=O)(c1ccc(N2CCC(F)(F)CC2)nc1)N1CCC2(CCCN(CC3CCOCC3)C2)CC1. The number of nitrogens with zero attached hydrogens (tertiary/aromatic N) is 4. The van der Waals surface area contributed by atoms with Gasteiger partial charge in [0.2, 0.25) is 10.0 Å². The molecule has 10 heteroatoms. The standard InChI is InChI=1S/C25H38F2N4O3S/c26-25(27)9-12-30(13-10-25)23-3-2-22(18-28-23)35(32,33)31-14-7-24(8-15-31)6-1-11-29(20-24)19-21-4-16-34-17-5-21/h2-3,18,21H,1,4-17,19-20H2. The highest BCUT2D eigenvalue weighted by atomic mass is 32.2. The number of sulfonamides is 1. The number of anilines is 1. The minimum Gasteiger partial charge on any atom is -0.381 e. The highest BCUT2D eigenvalue weighted by Crippen LogP contribution is 2.41. The van der Waals surface area contributed by atoms with Gasteiger partial charge in [-0.2, -0.15) is 4.31 Å². The van der Waals surface area contributed by atoms with Gasteiger partial charge in [0.15, 0.2) is 0 Å². The summed E-state index contributed by atoms with van der Waals surface area (Å²) in [4.78, 5) is 8.92. The molecule has 0 N–H and O–H groups in total. The van der Waals surface area contributed by atoms with Crippen LogP contribution in [-0.2, 0) is 14.8 Å². The van der Waals surface area contributed by atoms with Crippen molar-refractivity contribution in [2.75, 3.05) is 63.9 Å². The average Bonchev–Trinajstić information content (AvgIpc) is 2.85. The molecule has 0 radical (unpaired) electrons.